The first-order valence-corrected chi connectivity index (χ1v) is 9.12. The van der Waals surface area contributed by atoms with Gasteiger partial charge in [-0.2, -0.15) is 0 Å². The quantitative estimate of drug-likeness (QED) is 0.807. The van der Waals surface area contributed by atoms with E-state index < -0.39 is 0 Å². The van der Waals surface area contributed by atoms with Crippen LogP contribution in [0.2, 0.25) is 0 Å². The minimum Gasteiger partial charge on any atom is -0.381 e. The molecule has 2 amide bonds. The highest BCUT2D eigenvalue weighted by molar-refractivity contribution is 8.00. The van der Waals surface area contributed by atoms with Crippen molar-refractivity contribution in [3.8, 4) is 0 Å². The van der Waals surface area contributed by atoms with Gasteiger partial charge in [-0.15, -0.1) is 11.8 Å². The number of thioether (sulfide) groups is 1. The van der Waals surface area contributed by atoms with Gasteiger partial charge in [0.2, 0.25) is 0 Å². The zero-order valence-corrected chi connectivity index (χ0v) is 15.4. The first-order valence-electron chi connectivity index (χ1n) is 8.30. The molecule has 4 nitrogen and oxygen atoms in total. The number of benzene rings is 1. The van der Waals surface area contributed by atoms with E-state index in [1.165, 1.54) is 4.90 Å². The van der Waals surface area contributed by atoms with Crippen LogP contribution in [0.4, 0.5) is 10.5 Å². The lowest BCUT2D eigenvalue weighted by Gasteiger charge is -2.24. The molecule has 1 atom stereocenters. The molecule has 0 aromatic heterocycles. The molecule has 1 saturated heterocycles. The smallest absolute Gasteiger partial charge is 0.321 e. The first-order chi connectivity index (χ1) is 10.9. The highest BCUT2D eigenvalue weighted by Crippen LogP contribution is 2.32. The highest BCUT2D eigenvalue weighted by atomic mass is 32.2. The molecule has 0 bridgehead atoms. The van der Waals surface area contributed by atoms with Gasteiger partial charge in [0.15, 0.2) is 0 Å². The van der Waals surface area contributed by atoms with E-state index >= 15 is 0 Å². The van der Waals surface area contributed by atoms with E-state index in [0.717, 1.165) is 31.9 Å². The van der Waals surface area contributed by atoms with Crippen molar-refractivity contribution in [1.29, 1.82) is 0 Å². The molecule has 1 aromatic rings. The third-order valence-corrected chi connectivity index (χ3v) is 4.82. The van der Waals surface area contributed by atoms with Gasteiger partial charge >= 0.3 is 6.03 Å². The minimum absolute atomic E-state index is 0.0318. The molecule has 1 N–H and O–H groups in total. The fraction of sp³-hybridized carbons (Fsp3) is 0.611. The molecule has 0 aliphatic carbocycles. The van der Waals surface area contributed by atoms with Crippen LogP contribution in [0, 0.1) is 5.92 Å². The van der Waals surface area contributed by atoms with Crippen LogP contribution in [0.15, 0.2) is 29.2 Å². The van der Waals surface area contributed by atoms with E-state index in [-0.39, 0.29) is 10.8 Å². The fourth-order valence-electron chi connectivity index (χ4n) is 2.56. The normalized spacial score (nSPS) is 18.0. The largest absolute Gasteiger partial charge is 0.381 e. The van der Waals surface area contributed by atoms with E-state index in [2.05, 4.69) is 38.2 Å². The molecule has 0 spiro atoms. The van der Waals surface area contributed by atoms with Crippen LogP contribution in [0.5, 0.6) is 0 Å². The number of ether oxygens (including phenoxy) is 1. The predicted molar refractivity (Wildman–Crippen MR) is 97.2 cm³/mol. The lowest BCUT2D eigenvalue weighted by Crippen LogP contribution is -2.38. The number of carbonyl (C=O) groups is 1. The van der Waals surface area contributed by atoms with E-state index in [9.17, 15) is 4.79 Å². The summed E-state index contributed by atoms with van der Waals surface area (Å²) in [6.07, 6.45) is 1.04. The summed E-state index contributed by atoms with van der Waals surface area (Å²) in [6.45, 7) is 11.6. The van der Waals surface area contributed by atoms with Crippen molar-refractivity contribution in [1.82, 2.24) is 4.90 Å². The van der Waals surface area contributed by atoms with Crippen LogP contribution >= 0.6 is 11.8 Å². The molecule has 1 aliphatic heterocycles. The van der Waals surface area contributed by atoms with Gasteiger partial charge in [0.05, 0.1) is 6.61 Å². The summed E-state index contributed by atoms with van der Waals surface area (Å²) < 4.78 is 5.58. The number of nitrogens with zero attached hydrogens (tertiary/aromatic N) is 1. The molecule has 0 saturated carbocycles. The van der Waals surface area contributed by atoms with Crippen molar-refractivity contribution in [2.24, 2.45) is 5.92 Å². The lowest BCUT2D eigenvalue weighted by molar-refractivity contribution is 0.171. The number of nitrogens with one attached hydrogen (secondary N) is 1. The van der Waals surface area contributed by atoms with Crippen molar-refractivity contribution in [2.45, 2.75) is 43.8 Å². The van der Waals surface area contributed by atoms with Crippen LogP contribution in [0.1, 0.15) is 34.1 Å². The Labute approximate surface area is 144 Å². The topological polar surface area (TPSA) is 41.6 Å². The zero-order valence-electron chi connectivity index (χ0n) is 14.6. The molecule has 128 valence electrons. The number of rotatable bonds is 5. The highest BCUT2D eigenvalue weighted by Gasteiger charge is 2.21. The van der Waals surface area contributed by atoms with Crippen LogP contribution in [0.3, 0.4) is 0 Å². The summed E-state index contributed by atoms with van der Waals surface area (Å²) in [4.78, 5) is 15.5. The first kappa shape index (κ1) is 18.1. The second-order valence-corrected chi connectivity index (χ2v) is 8.84. The maximum atomic E-state index is 12.4. The van der Waals surface area contributed by atoms with Gasteiger partial charge < -0.3 is 15.0 Å². The summed E-state index contributed by atoms with van der Waals surface area (Å²) in [6, 6.07) is 8.03. The van der Waals surface area contributed by atoms with E-state index in [0.29, 0.717) is 12.5 Å². The summed E-state index contributed by atoms with van der Waals surface area (Å²) in [7, 11) is 0. The number of amides is 2. The number of hydrogen-bond donors (Lipinski definition) is 1. The number of hydrogen-bond acceptors (Lipinski definition) is 3. The third-order valence-electron chi connectivity index (χ3n) is 3.70. The molecule has 5 heteroatoms. The summed E-state index contributed by atoms with van der Waals surface area (Å²) in [5.74, 6) is 0.464. The standard InChI is InChI=1S/C18H28N2O2S/c1-5-20(12-14-10-11-22-13-14)17(21)19-15-6-8-16(9-7-15)23-18(2,3)4/h6-9,14H,5,10-13H2,1-4H3,(H,19,21). The number of carbonyl (C=O) groups excluding carboxylic acids is 1. The van der Waals surface area contributed by atoms with E-state index in [1.54, 1.807) is 0 Å². The predicted octanol–water partition coefficient (Wildman–Crippen LogP) is 4.47. The van der Waals surface area contributed by atoms with Gasteiger partial charge in [-0.1, -0.05) is 20.8 Å². The Morgan fingerprint density at radius 1 is 1.35 bits per heavy atom. The Balaban J connectivity index is 1.90. The number of anilines is 1. The molecule has 1 aromatic carbocycles. The van der Waals surface area contributed by atoms with E-state index in [4.69, 9.17) is 4.74 Å². The van der Waals surface area contributed by atoms with Gasteiger partial charge in [0.25, 0.3) is 0 Å². The van der Waals surface area contributed by atoms with Crippen molar-refractivity contribution < 1.29 is 9.53 Å². The molecule has 1 unspecified atom stereocenters. The third kappa shape index (κ3) is 6.07. The van der Waals surface area contributed by atoms with Gasteiger partial charge in [-0.25, -0.2) is 4.79 Å². The van der Waals surface area contributed by atoms with Crippen molar-refractivity contribution >= 4 is 23.5 Å². The van der Waals surface area contributed by atoms with E-state index in [1.807, 2.05) is 35.7 Å². The Morgan fingerprint density at radius 2 is 2.04 bits per heavy atom. The van der Waals surface area contributed by atoms with Crippen molar-refractivity contribution in [2.75, 3.05) is 31.6 Å². The average Bonchev–Trinajstić information content (AvgIpc) is 2.98. The van der Waals surface area contributed by atoms with Crippen molar-refractivity contribution in [3.63, 3.8) is 0 Å². The molecule has 1 fully saturated rings. The zero-order chi connectivity index (χ0) is 16.9. The number of urea groups is 1. The van der Waals surface area contributed by atoms with Crippen LogP contribution in [0.25, 0.3) is 0 Å². The van der Waals surface area contributed by atoms with Gasteiger partial charge in [-0.3, -0.25) is 0 Å². The monoisotopic (exact) mass is 336 g/mol. The Hall–Kier alpha value is -1.20. The Bertz CT molecular complexity index is 505. The molecule has 0 radical (unpaired) electrons. The van der Waals surface area contributed by atoms with Crippen LogP contribution in [-0.4, -0.2) is 42.0 Å². The van der Waals surface area contributed by atoms with Crippen LogP contribution < -0.4 is 5.32 Å². The van der Waals surface area contributed by atoms with Crippen LogP contribution in [-0.2, 0) is 4.74 Å². The fourth-order valence-corrected chi connectivity index (χ4v) is 3.54. The second-order valence-electron chi connectivity index (χ2n) is 6.94. The SMILES string of the molecule is CCN(CC1CCOC1)C(=O)Nc1ccc(SC(C)(C)C)cc1. The summed E-state index contributed by atoms with van der Waals surface area (Å²) in [5.41, 5.74) is 0.842. The average molecular weight is 337 g/mol. The molecular formula is C18H28N2O2S. The van der Waals surface area contributed by atoms with Crippen molar-refractivity contribution in [3.05, 3.63) is 24.3 Å². The van der Waals surface area contributed by atoms with Gasteiger partial charge in [0.1, 0.15) is 0 Å². The van der Waals surface area contributed by atoms with Gasteiger partial charge in [-0.05, 0) is 37.6 Å². The summed E-state index contributed by atoms with van der Waals surface area (Å²) in [5, 5.41) is 2.99. The maximum Gasteiger partial charge on any atom is 0.321 e. The Morgan fingerprint density at radius 3 is 2.57 bits per heavy atom. The lowest BCUT2D eigenvalue weighted by atomic mass is 10.1. The molecule has 1 heterocycles. The van der Waals surface area contributed by atoms with Gasteiger partial charge in [0, 0.05) is 40.9 Å². The molecule has 1 aliphatic rings. The Kier molecular flexibility index (Phi) is 6.36. The second kappa shape index (κ2) is 8.06. The molecule has 2 rings (SSSR count). The summed E-state index contributed by atoms with van der Waals surface area (Å²) >= 11 is 1.82. The maximum absolute atomic E-state index is 12.4. The molecular weight excluding hydrogens is 308 g/mol. The minimum atomic E-state index is -0.0318. The molecule has 23 heavy (non-hydrogen) atoms.